The summed E-state index contributed by atoms with van der Waals surface area (Å²) in [4.78, 5) is 0. The minimum Gasteiger partial charge on any atom is -0.435 e. The van der Waals surface area contributed by atoms with Gasteiger partial charge in [0.05, 0.1) is 0 Å². The fraction of sp³-hybridized carbons (Fsp3) is 0.500. The van der Waals surface area contributed by atoms with Gasteiger partial charge in [-0.3, -0.25) is 0 Å². The number of hydrogen-bond acceptors (Lipinski definition) is 2. The van der Waals surface area contributed by atoms with Crippen molar-refractivity contribution in [1.82, 2.24) is 0 Å². The Labute approximate surface area is 104 Å². The molecule has 1 saturated carbocycles. The summed E-state index contributed by atoms with van der Waals surface area (Å²) in [5.74, 6) is 0.172. The van der Waals surface area contributed by atoms with Gasteiger partial charge in [0.15, 0.2) is 0 Å². The quantitative estimate of drug-likeness (QED) is 0.905. The van der Waals surface area contributed by atoms with Crippen molar-refractivity contribution < 1.29 is 13.5 Å². The van der Waals surface area contributed by atoms with E-state index < -0.39 is 6.61 Å². The number of halogens is 3. The first-order chi connectivity index (χ1) is 7.84. The van der Waals surface area contributed by atoms with E-state index in [1.807, 2.05) is 13.8 Å². The maximum atomic E-state index is 12.3. The van der Waals surface area contributed by atoms with Gasteiger partial charge in [-0.15, -0.1) is 0 Å². The summed E-state index contributed by atoms with van der Waals surface area (Å²) in [5, 5.41) is 0.497. The summed E-state index contributed by atoms with van der Waals surface area (Å²) < 4.78 is 29.1. The predicted molar refractivity (Wildman–Crippen MR) is 62.6 cm³/mol. The van der Waals surface area contributed by atoms with Crippen molar-refractivity contribution in [1.29, 1.82) is 0 Å². The lowest BCUT2D eigenvalue weighted by molar-refractivity contribution is -0.0505. The van der Waals surface area contributed by atoms with Crippen LogP contribution in [0.3, 0.4) is 0 Å². The van der Waals surface area contributed by atoms with Crippen molar-refractivity contribution in [3.63, 3.8) is 0 Å². The maximum Gasteiger partial charge on any atom is 0.387 e. The first kappa shape index (κ1) is 12.6. The monoisotopic (exact) mass is 261 g/mol. The second-order valence-electron chi connectivity index (χ2n) is 4.89. The third kappa shape index (κ3) is 2.24. The number of nitrogens with two attached hydrogens (primary N) is 1. The maximum absolute atomic E-state index is 12.3. The van der Waals surface area contributed by atoms with Crippen molar-refractivity contribution in [3.05, 3.63) is 28.8 Å². The average Bonchev–Trinajstić information content (AvgIpc) is 2.69. The molecule has 5 heteroatoms. The Morgan fingerprint density at radius 2 is 2.00 bits per heavy atom. The number of rotatable bonds is 3. The van der Waals surface area contributed by atoms with E-state index in [4.69, 9.17) is 17.3 Å². The fourth-order valence-electron chi connectivity index (χ4n) is 2.24. The van der Waals surface area contributed by atoms with Gasteiger partial charge in [-0.1, -0.05) is 25.4 Å². The van der Waals surface area contributed by atoms with E-state index in [0.29, 0.717) is 10.6 Å². The predicted octanol–water partition coefficient (Wildman–Crippen LogP) is 3.39. The van der Waals surface area contributed by atoms with Crippen molar-refractivity contribution in [2.45, 2.75) is 32.4 Å². The van der Waals surface area contributed by atoms with E-state index in [1.54, 1.807) is 6.07 Å². The highest BCUT2D eigenvalue weighted by Gasteiger charge is 2.57. The molecule has 1 fully saturated rings. The molecule has 2 rings (SSSR count). The lowest BCUT2D eigenvalue weighted by Crippen LogP contribution is -2.07. The van der Waals surface area contributed by atoms with Gasteiger partial charge in [0.2, 0.25) is 0 Å². The molecule has 1 aliphatic carbocycles. The van der Waals surface area contributed by atoms with Gasteiger partial charge in [-0.2, -0.15) is 8.78 Å². The van der Waals surface area contributed by atoms with Gasteiger partial charge in [-0.25, -0.2) is 0 Å². The SMILES string of the molecule is CC1(C)C(N)C1c1cc(Cl)ccc1OC(F)F. The van der Waals surface area contributed by atoms with Gasteiger partial charge in [-0.05, 0) is 23.6 Å². The summed E-state index contributed by atoms with van der Waals surface area (Å²) >= 11 is 5.88. The molecule has 1 aromatic carbocycles. The van der Waals surface area contributed by atoms with Gasteiger partial charge < -0.3 is 10.5 Å². The molecule has 2 unspecified atom stereocenters. The highest BCUT2D eigenvalue weighted by molar-refractivity contribution is 6.30. The molecule has 0 bridgehead atoms. The Balaban J connectivity index is 2.35. The van der Waals surface area contributed by atoms with Crippen molar-refractivity contribution in [3.8, 4) is 5.75 Å². The minimum absolute atomic E-state index is 0.00921. The third-order valence-electron chi connectivity index (χ3n) is 3.43. The van der Waals surface area contributed by atoms with Crippen LogP contribution in [0.5, 0.6) is 5.75 Å². The zero-order valence-electron chi connectivity index (χ0n) is 9.58. The van der Waals surface area contributed by atoms with Gasteiger partial charge in [0, 0.05) is 22.5 Å². The molecule has 0 aliphatic heterocycles. The van der Waals surface area contributed by atoms with Crippen LogP contribution in [0.4, 0.5) is 8.78 Å². The molecular weight excluding hydrogens is 248 g/mol. The molecule has 1 aromatic rings. The third-order valence-corrected chi connectivity index (χ3v) is 3.67. The highest BCUT2D eigenvalue weighted by Crippen LogP contribution is 2.59. The van der Waals surface area contributed by atoms with E-state index in [1.165, 1.54) is 12.1 Å². The Bertz CT molecular complexity index is 437. The van der Waals surface area contributed by atoms with E-state index in [-0.39, 0.29) is 23.1 Å². The first-order valence-corrected chi connectivity index (χ1v) is 5.71. The summed E-state index contributed by atoms with van der Waals surface area (Å²) in [6.07, 6.45) is 0. The largest absolute Gasteiger partial charge is 0.435 e. The number of alkyl halides is 2. The zero-order valence-corrected chi connectivity index (χ0v) is 10.3. The molecule has 0 saturated heterocycles. The molecule has 2 atom stereocenters. The smallest absolute Gasteiger partial charge is 0.387 e. The summed E-state index contributed by atoms with van der Waals surface area (Å²) in [6, 6.07) is 4.59. The van der Waals surface area contributed by atoms with Crippen LogP contribution in [0, 0.1) is 5.41 Å². The van der Waals surface area contributed by atoms with Crippen LogP contribution in [0.15, 0.2) is 18.2 Å². The number of benzene rings is 1. The molecule has 0 heterocycles. The fourth-order valence-corrected chi connectivity index (χ4v) is 2.42. The molecule has 0 spiro atoms. The van der Waals surface area contributed by atoms with Crippen LogP contribution in [0.1, 0.15) is 25.3 Å². The van der Waals surface area contributed by atoms with Gasteiger partial charge in [0.25, 0.3) is 0 Å². The Hall–Kier alpha value is -0.870. The molecule has 1 aliphatic rings. The van der Waals surface area contributed by atoms with Crippen LogP contribution in [0.2, 0.25) is 5.02 Å². The molecule has 2 N–H and O–H groups in total. The van der Waals surface area contributed by atoms with Crippen molar-refractivity contribution in [2.75, 3.05) is 0 Å². The van der Waals surface area contributed by atoms with E-state index in [2.05, 4.69) is 4.74 Å². The Morgan fingerprint density at radius 3 is 2.47 bits per heavy atom. The molecule has 2 nitrogen and oxygen atoms in total. The minimum atomic E-state index is -2.84. The lowest BCUT2D eigenvalue weighted by Gasteiger charge is -2.12. The van der Waals surface area contributed by atoms with Crippen LogP contribution < -0.4 is 10.5 Å². The average molecular weight is 262 g/mol. The van der Waals surface area contributed by atoms with Gasteiger partial charge >= 0.3 is 6.61 Å². The Kier molecular flexibility index (Phi) is 3.04. The molecular formula is C12H14ClF2NO. The van der Waals surface area contributed by atoms with Gasteiger partial charge in [0.1, 0.15) is 5.75 Å². The molecule has 0 amide bonds. The van der Waals surface area contributed by atoms with Crippen molar-refractivity contribution >= 4 is 11.6 Å². The van der Waals surface area contributed by atoms with E-state index in [9.17, 15) is 8.78 Å². The second-order valence-corrected chi connectivity index (χ2v) is 5.32. The summed E-state index contributed by atoms with van der Waals surface area (Å²) in [5.41, 5.74) is 6.50. The van der Waals surface area contributed by atoms with Crippen LogP contribution >= 0.6 is 11.6 Å². The summed E-state index contributed by atoms with van der Waals surface area (Å²) in [6.45, 7) is 1.15. The Morgan fingerprint density at radius 1 is 1.41 bits per heavy atom. The first-order valence-electron chi connectivity index (χ1n) is 5.34. The number of hydrogen-bond donors (Lipinski definition) is 1. The zero-order chi connectivity index (χ0) is 12.8. The van der Waals surface area contributed by atoms with E-state index >= 15 is 0 Å². The van der Waals surface area contributed by atoms with Crippen molar-refractivity contribution in [2.24, 2.45) is 11.1 Å². The molecule has 17 heavy (non-hydrogen) atoms. The highest BCUT2D eigenvalue weighted by atomic mass is 35.5. The second kappa shape index (κ2) is 4.10. The molecule has 94 valence electrons. The van der Waals surface area contributed by atoms with Crippen LogP contribution in [-0.4, -0.2) is 12.7 Å². The van der Waals surface area contributed by atoms with Crippen LogP contribution in [-0.2, 0) is 0 Å². The molecule has 0 aromatic heterocycles. The molecule has 0 radical (unpaired) electrons. The standard InChI is InChI=1S/C12H14ClF2NO/c1-12(2)9(10(12)16)7-5-6(13)3-4-8(7)17-11(14)15/h3-5,9-11H,16H2,1-2H3. The normalized spacial score (nSPS) is 26.1. The lowest BCUT2D eigenvalue weighted by atomic mass is 10.0. The summed E-state index contributed by atoms with van der Waals surface area (Å²) in [7, 11) is 0. The topological polar surface area (TPSA) is 35.2 Å². The van der Waals surface area contributed by atoms with Crippen LogP contribution in [0.25, 0.3) is 0 Å². The van der Waals surface area contributed by atoms with E-state index in [0.717, 1.165) is 0 Å². The number of ether oxygens (including phenoxy) is 1.